The Balaban J connectivity index is 1.17. The van der Waals surface area contributed by atoms with Crippen LogP contribution in [0.25, 0.3) is 53.6 Å². The molecule has 4 heterocycles. The van der Waals surface area contributed by atoms with Crippen LogP contribution >= 0.6 is 11.3 Å². The maximum Gasteiger partial charge on any atom is 0.329 e. The van der Waals surface area contributed by atoms with E-state index < -0.39 is 0 Å². The topological polar surface area (TPSA) is 6.48 Å². The lowest BCUT2D eigenvalue weighted by atomic mass is 9.42. The third-order valence-electron chi connectivity index (χ3n) is 20.4. The second-order valence-electron chi connectivity index (χ2n) is 27.9. The summed E-state index contributed by atoms with van der Waals surface area (Å²) in [7, 11) is 0. The molecule has 368 valence electrons. The molecule has 73 heavy (non-hydrogen) atoms. The van der Waals surface area contributed by atoms with Gasteiger partial charge in [-0.05, 0) is 169 Å². The van der Waals surface area contributed by atoms with Crippen molar-refractivity contribution >= 4 is 72.0 Å². The van der Waals surface area contributed by atoms with Crippen LogP contribution in [-0.2, 0) is 32.5 Å². The summed E-state index contributed by atoms with van der Waals surface area (Å²) < 4.78 is 2.74. The van der Waals surface area contributed by atoms with Gasteiger partial charge in [-0.25, -0.2) is 0 Å². The van der Waals surface area contributed by atoms with E-state index >= 15 is 0 Å². The van der Waals surface area contributed by atoms with E-state index in [1.165, 1.54) is 148 Å². The Morgan fingerprint density at radius 1 is 0.493 bits per heavy atom. The smallest absolute Gasteiger partial charge is 0.329 e. The minimum atomic E-state index is -0.206. The summed E-state index contributed by atoms with van der Waals surface area (Å²) in [6.45, 7) is 34.8. The van der Waals surface area contributed by atoms with Gasteiger partial charge < -0.3 is 9.71 Å². The Bertz CT molecular complexity index is 3740. The van der Waals surface area contributed by atoms with Crippen molar-refractivity contribution in [1.82, 2.24) is 0 Å². The lowest BCUT2D eigenvalue weighted by Gasteiger charge is -2.55. The van der Waals surface area contributed by atoms with Gasteiger partial charge in [0.2, 0.25) is 0 Å². The van der Waals surface area contributed by atoms with Crippen LogP contribution in [0.1, 0.15) is 174 Å². The first kappa shape index (κ1) is 46.0. The summed E-state index contributed by atoms with van der Waals surface area (Å²) >= 11 is 2.00. The van der Waals surface area contributed by atoms with Crippen molar-refractivity contribution in [3.05, 3.63) is 154 Å². The maximum absolute atomic E-state index is 3.07. The largest absolute Gasteiger partial charge is 0.400 e. The van der Waals surface area contributed by atoms with Crippen molar-refractivity contribution < 1.29 is 0 Å². The summed E-state index contributed by atoms with van der Waals surface area (Å²) in [5, 5.41) is 2.73. The first-order chi connectivity index (χ1) is 34.4. The van der Waals surface area contributed by atoms with Gasteiger partial charge in [-0.2, -0.15) is 0 Å². The fourth-order valence-corrected chi connectivity index (χ4v) is 16.8. The van der Waals surface area contributed by atoms with Gasteiger partial charge >= 0.3 is 6.85 Å². The van der Waals surface area contributed by atoms with Gasteiger partial charge in [0, 0.05) is 54.3 Å². The van der Waals surface area contributed by atoms with E-state index in [4.69, 9.17) is 0 Å². The highest BCUT2D eigenvalue weighted by molar-refractivity contribution is 7.26. The van der Waals surface area contributed by atoms with Crippen LogP contribution < -0.4 is 20.6 Å². The quantitative estimate of drug-likeness (QED) is 0.159. The standard InChI is InChI=1S/C69H73BN2S/c1-63(2,3)41-26-27-56(44(32-41)40-22-16-15-17-23-40)71-57-39-51-46(45-36-52-53(38-50(45)67(51,11)12)66(9,10)31-30-65(52,7)8)37-55(57)70-59-47(35-49-43-24-18-19-25-58(43)73-62(49)61(59)71)48-33-42(64(4,5)6)34-54-60(48)72(70)69(14)29-21-20-28-68(54,69)13/h15-19,22-27,32-39H,20-21,28-31H2,1-14H3. The van der Waals surface area contributed by atoms with Gasteiger partial charge in [0.05, 0.1) is 16.1 Å². The molecule has 6 aliphatic rings. The molecule has 1 saturated carbocycles. The SMILES string of the molecule is CC(C)(C)c1ccc(N2c3cc4c(cc3B3c5c(cc6c(sc7ccccc76)c52)-c2cc(C(C)(C)C)cc5c2N3C2(C)CCCCC52C)-c2cc3c(cc2C4(C)C)C(C)(C)CCC3(C)C)c(-c2ccccc2)c1. The van der Waals surface area contributed by atoms with Crippen LogP contribution in [0.3, 0.4) is 0 Å². The number of nitrogens with zero attached hydrogens (tertiary/aromatic N) is 2. The molecule has 8 aromatic rings. The number of hydrogen-bond donors (Lipinski definition) is 0. The minimum absolute atomic E-state index is 0.00773. The molecule has 0 radical (unpaired) electrons. The molecule has 0 spiro atoms. The Hall–Kier alpha value is -5.58. The van der Waals surface area contributed by atoms with E-state index in [1.54, 1.807) is 16.7 Å². The van der Waals surface area contributed by atoms with Gasteiger partial charge in [0.15, 0.2) is 0 Å². The minimum Gasteiger partial charge on any atom is -0.400 e. The molecule has 7 aromatic carbocycles. The maximum atomic E-state index is 3.07. The van der Waals surface area contributed by atoms with Crippen molar-refractivity contribution in [2.24, 2.45) is 0 Å². The summed E-state index contributed by atoms with van der Waals surface area (Å²) in [4.78, 5) is 5.88. The molecule has 3 aliphatic carbocycles. The monoisotopic (exact) mass is 973 g/mol. The normalized spacial score (nSPS) is 22.4. The fourth-order valence-electron chi connectivity index (χ4n) is 15.6. The molecule has 0 N–H and O–H groups in total. The number of anilines is 4. The van der Waals surface area contributed by atoms with Crippen molar-refractivity contribution in [1.29, 1.82) is 0 Å². The molecule has 3 aliphatic heterocycles. The predicted molar refractivity (Wildman–Crippen MR) is 317 cm³/mol. The van der Waals surface area contributed by atoms with Gasteiger partial charge in [0.25, 0.3) is 0 Å². The van der Waals surface area contributed by atoms with E-state index in [-0.39, 0.29) is 44.9 Å². The molecule has 0 bridgehead atoms. The van der Waals surface area contributed by atoms with Gasteiger partial charge in [-0.1, -0.05) is 176 Å². The summed E-state index contributed by atoms with van der Waals surface area (Å²) in [6, 6.07) is 46.8. The van der Waals surface area contributed by atoms with Crippen LogP contribution in [-0.4, -0.2) is 12.4 Å². The Morgan fingerprint density at radius 2 is 1.14 bits per heavy atom. The van der Waals surface area contributed by atoms with Crippen LogP contribution in [0.4, 0.5) is 22.7 Å². The first-order valence-corrected chi connectivity index (χ1v) is 28.6. The van der Waals surface area contributed by atoms with Crippen LogP contribution in [0, 0.1) is 0 Å². The molecular weight excluding hydrogens is 900 g/mol. The molecule has 1 aromatic heterocycles. The Morgan fingerprint density at radius 3 is 1.86 bits per heavy atom. The van der Waals surface area contributed by atoms with Gasteiger partial charge in [0.1, 0.15) is 0 Å². The molecule has 4 heteroatoms. The molecule has 1 fully saturated rings. The molecule has 2 unspecified atom stereocenters. The Labute approximate surface area is 440 Å². The highest BCUT2D eigenvalue weighted by Crippen LogP contribution is 2.65. The lowest BCUT2D eigenvalue weighted by molar-refractivity contribution is 0.199. The van der Waals surface area contributed by atoms with Crippen molar-refractivity contribution in [3.63, 3.8) is 0 Å². The predicted octanol–water partition coefficient (Wildman–Crippen LogP) is 18.0. The molecule has 14 rings (SSSR count). The molecule has 0 amide bonds. The average molecular weight is 973 g/mol. The number of hydrogen-bond acceptors (Lipinski definition) is 3. The number of benzene rings is 7. The van der Waals surface area contributed by atoms with E-state index in [1.807, 2.05) is 11.3 Å². The zero-order valence-corrected chi connectivity index (χ0v) is 46.9. The van der Waals surface area contributed by atoms with Gasteiger partial charge in [-0.3, -0.25) is 0 Å². The molecule has 2 atom stereocenters. The van der Waals surface area contributed by atoms with Crippen molar-refractivity contribution in [2.45, 2.75) is 173 Å². The zero-order valence-electron chi connectivity index (χ0n) is 46.1. The van der Waals surface area contributed by atoms with Crippen molar-refractivity contribution in [2.75, 3.05) is 9.71 Å². The summed E-state index contributed by atoms with van der Waals surface area (Å²) in [5.74, 6) is 0. The zero-order chi connectivity index (χ0) is 50.9. The molecule has 2 nitrogen and oxygen atoms in total. The van der Waals surface area contributed by atoms with E-state index in [2.05, 4.69) is 222 Å². The number of fused-ring (bicyclic) bond motifs is 15. The third-order valence-corrected chi connectivity index (χ3v) is 21.6. The van der Waals surface area contributed by atoms with E-state index in [0.29, 0.717) is 0 Å². The van der Waals surface area contributed by atoms with Crippen molar-refractivity contribution in [3.8, 4) is 33.4 Å². The van der Waals surface area contributed by atoms with Crippen LogP contribution in [0.2, 0.25) is 0 Å². The fraction of sp³-hybridized carbons (Fsp3) is 0.391. The highest BCUT2D eigenvalue weighted by Gasteiger charge is 2.63. The molecular formula is C69H73BN2S. The van der Waals surface area contributed by atoms with E-state index in [9.17, 15) is 0 Å². The van der Waals surface area contributed by atoms with Crippen LogP contribution in [0.5, 0.6) is 0 Å². The van der Waals surface area contributed by atoms with Crippen LogP contribution in [0.15, 0.2) is 115 Å². The average Bonchev–Trinajstić information content (AvgIpc) is 3.90. The Kier molecular flexibility index (Phi) is 9.08. The highest BCUT2D eigenvalue weighted by atomic mass is 32.1. The third kappa shape index (κ3) is 5.94. The second kappa shape index (κ2) is 14.4. The summed E-state index contributed by atoms with van der Waals surface area (Å²) in [6.07, 6.45) is 7.33. The number of thiophene rings is 1. The van der Waals surface area contributed by atoms with E-state index in [0.717, 1.165) is 0 Å². The lowest BCUT2D eigenvalue weighted by Crippen LogP contribution is -2.70. The number of rotatable bonds is 2. The first-order valence-electron chi connectivity index (χ1n) is 27.8. The van der Waals surface area contributed by atoms with Gasteiger partial charge in [-0.15, -0.1) is 11.3 Å². The molecule has 0 saturated heterocycles. The second-order valence-corrected chi connectivity index (χ2v) is 28.9. The summed E-state index contributed by atoms with van der Waals surface area (Å²) in [5.41, 5.74) is 27.0.